The summed E-state index contributed by atoms with van der Waals surface area (Å²) in [5.41, 5.74) is -1.77. The molecule has 0 fully saturated rings. The van der Waals surface area contributed by atoms with E-state index in [2.05, 4.69) is 10.6 Å². The lowest BCUT2D eigenvalue weighted by Crippen LogP contribution is -2.29. The van der Waals surface area contributed by atoms with Crippen molar-refractivity contribution in [3.63, 3.8) is 0 Å². The van der Waals surface area contributed by atoms with Crippen LogP contribution in [0.4, 0.5) is 18.9 Å². The fourth-order valence-corrected chi connectivity index (χ4v) is 2.25. The van der Waals surface area contributed by atoms with Gasteiger partial charge in [-0.05, 0) is 30.8 Å². The van der Waals surface area contributed by atoms with Gasteiger partial charge in [0.05, 0.1) is 5.56 Å². The van der Waals surface area contributed by atoms with Crippen LogP contribution in [-0.4, -0.2) is 11.7 Å². The number of halogens is 3. The van der Waals surface area contributed by atoms with Gasteiger partial charge in [-0.3, -0.25) is 0 Å². The molecule has 23 heavy (non-hydrogen) atoms. The molecule has 0 aliphatic heterocycles. The van der Waals surface area contributed by atoms with Gasteiger partial charge in [0.2, 0.25) is 0 Å². The number of hydrogen-bond donors (Lipinski definition) is 2. The summed E-state index contributed by atoms with van der Waals surface area (Å²) < 4.78 is 43.7. The Kier molecular flexibility index (Phi) is 5.25. The van der Waals surface area contributed by atoms with E-state index < -0.39 is 17.4 Å². The predicted octanol–water partition coefficient (Wildman–Crippen LogP) is 3.90. The molecule has 0 aliphatic carbocycles. The number of benzene rings is 1. The molecule has 1 aromatic heterocycles. The number of anilines is 1. The van der Waals surface area contributed by atoms with Crippen molar-refractivity contribution in [2.75, 3.05) is 11.9 Å². The maximum absolute atomic E-state index is 13.0. The van der Waals surface area contributed by atoms with E-state index in [9.17, 15) is 18.0 Å². The minimum atomic E-state index is -4.62. The van der Waals surface area contributed by atoms with E-state index in [4.69, 9.17) is 16.6 Å². The first-order valence-electron chi connectivity index (χ1n) is 7.01. The van der Waals surface area contributed by atoms with Crippen LogP contribution in [0.25, 0.3) is 11.0 Å². The van der Waals surface area contributed by atoms with Crippen molar-refractivity contribution in [3.05, 3.63) is 40.2 Å². The molecule has 0 atom stereocenters. The third-order valence-corrected chi connectivity index (χ3v) is 3.37. The highest BCUT2D eigenvalue weighted by Crippen LogP contribution is 2.34. The average Bonchev–Trinajstić information content (AvgIpc) is 2.45. The van der Waals surface area contributed by atoms with Gasteiger partial charge in [0.25, 0.3) is 0 Å². The van der Waals surface area contributed by atoms with Crippen LogP contribution >= 0.6 is 12.2 Å². The van der Waals surface area contributed by atoms with Gasteiger partial charge in [-0.2, -0.15) is 13.2 Å². The third kappa shape index (κ3) is 4.44. The number of rotatable bonds is 4. The standard InChI is InChI=1S/C15H15F3N2O2S/c1-2-3-6-19-14(23)20-9-4-5-10-11(15(16,17)18)8-13(21)22-12(10)7-9/h4-5,7-8H,2-3,6H2,1H3,(H2,19,20,23). The maximum atomic E-state index is 13.0. The first kappa shape index (κ1) is 17.3. The molecule has 0 amide bonds. The molecular formula is C15H15F3N2O2S. The fraction of sp³-hybridized carbons (Fsp3) is 0.333. The lowest BCUT2D eigenvalue weighted by atomic mass is 10.1. The van der Waals surface area contributed by atoms with Crippen molar-refractivity contribution in [2.24, 2.45) is 0 Å². The van der Waals surface area contributed by atoms with Crippen LogP contribution in [0.15, 0.2) is 33.5 Å². The van der Waals surface area contributed by atoms with E-state index in [0.717, 1.165) is 12.8 Å². The maximum Gasteiger partial charge on any atom is 0.417 e. The van der Waals surface area contributed by atoms with Gasteiger partial charge in [-0.1, -0.05) is 13.3 Å². The summed E-state index contributed by atoms with van der Waals surface area (Å²) in [5.74, 6) is 0. The molecule has 2 aromatic rings. The van der Waals surface area contributed by atoms with Crippen LogP contribution in [0.1, 0.15) is 25.3 Å². The zero-order chi connectivity index (χ0) is 17.0. The molecule has 0 spiro atoms. The first-order chi connectivity index (χ1) is 10.8. The normalized spacial score (nSPS) is 11.5. The Morgan fingerprint density at radius 1 is 1.30 bits per heavy atom. The van der Waals surface area contributed by atoms with E-state index in [-0.39, 0.29) is 11.0 Å². The molecule has 1 aromatic carbocycles. The second-order valence-corrected chi connectivity index (χ2v) is 5.33. The molecule has 8 heteroatoms. The summed E-state index contributed by atoms with van der Waals surface area (Å²) in [6, 6.07) is 4.47. The number of thiocarbonyl (C=S) groups is 1. The highest BCUT2D eigenvalue weighted by Gasteiger charge is 2.33. The molecule has 0 aliphatic rings. The molecule has 0 radical (unpaired) electrons. The summed E-state index contributed by atoms with van der Waals surface area (Å²) in [5, 5.41) is 6.00. The quantitative estimate of drug-likeness (QED) is 0.500. The number of alkyl halides is 3. The second-order valence-electron chi connectivity index (χ2n) is 4.92. The Hall–Kier alpha value is -2.09. The number of unbranched alkanes of at least 4 members (excludes halogenated alkanes) is 1. The molecule has 2 N–H and O–H groups in total. The Balaban J connectivity index is 2.29. The number of hydrogen-bond acceptors (Lipinski definition) is 3. The highest BCUT2D eigenvalue weighted by atomic mass is 32.1. The molecule has 1 heterocycles. The lowest BCUT2D eigenvalue weighted by Gasteiger charge is -2.12. The predicted molar refractivity (Wildman–Crippen MR) is 86.6 cm³/mol. The minimum absolute atomic E-state index is 0.147. The molecule has 0 bridgehead atoms. The number of fused-ring (bicyclic) bond motifs is 1. The topological polar surface area (TPSA) is 54.3 Å². The molecular weight excluding hydrogens is 329 g/mol. The van der Waals surface area contributed by atoms with E-state index >= 15 is 0 Å². The number of nitrogens with one attached hydrogen (secondary N) is 2. The highest BCUT2D eigenvalue weighted by molar-refractivity contribution is 7.80. The van der Waals surface area contributed by atoms with Gasteiger partial charge in [0.15, 0.2) is 5.11 Å². The fourth-order valence-electron chi connectivity index (χ4n) is 2.03. The summed E-state index contributed by atoms with van der Waals surface area (Å²) >= 11 is 5.09. The average molecular weight is 344 g/mol. The van der Waals surface area contributed by atoms with Crippen LogP contribution in [0.3, 0.4) is 0 Å². The van der Waals surface area contributed by atoms with Crippen molar-refractivity contribution in [2.45, 2.75) is 25.9 Å². The van der Waals surface area contributed by atoms with Gasteiger partial charge in [0, 0.05) is 29.8 Å². The van der Waals surface area contributed by atoms with Crippen LogP contribution in [0.2, 0.25) is 0 Å². The van der Waals surface area contributed by atoms with E-state index in [0.29, 0.717) is 23.4 Å². The van der Waals surface area contributed by atoms with E-state index in [1.165, 1.54) is 18.2 Å². The zero-order valence-electron chi connectivity index (χ0n) is 12.3. The van der Waals surface area contributed by atoms with Gasteiger partial charge >= 0.3 is 11.8 Å². The molecule has 0 saturated carbocycles. The smallest absolute Gasteiger partial charge is 0.417 e. The van der Waals surface area contributed by atoms with Crippen LogP contribution < -0.4 is 16.3 Å². The van der Waals surface area contributed by atoms with Crippen molar-refractivity contribution in [1.29, 1.82) is 0 Å². The Morgan fingerprint density at radius 3 is 2.70 bits per heavy atom. The van der Waals surface area contributed by atoms with Gasteiger partial charge < -0.3 is 15.1 Å². The summed E-state index contributed by atoms with van der Waals surface area (Å²) in [6.45, 7) is 2.74. The zero-order valence-corrected chi connectivity index (χ0v) is 13.1. The van der Waals surface area contributed by atoms with E-state index in [1.807, 2.05) is 6.92 Å². The largest absolute Gasteiger partial charge is 0.423 e. The van der Waals surface area contributed by atoms with Gasteiger partial charge in [-0.15, -0.1) is 0 Å². The molecule has 124 valence electrons. The molecule has 0 unspecified atom stereocenters. The SMILES string of the molecule is CCCCNC(=S)Nc1ccc2c(C(F)(F)F)cc(=O)oc2c1. The van der Waals surface area contributed by atoms with Crippen LogP contribution in [0.5, 0.6) is 0 Å². The van der Waals surface area contributed by atoms with Crippen LogP contribution in [-0.2, 0) is 6.18 Å². The summed E-state index contributed by atoms with van der Waals surface area (Å²) in [7, 11) is 0. The first-order valence-corrected chi connectivity index (χ1v) is 7.42. The monoisotopic (exact) mass is 344 g/mol. The molecule has 4 nitrogen and oxygen atoms in total. The van der Waals surface area contributed by atoms with Crippen molar-refractivity contribution >= 4 is 34.0 Å². The Bertz CT molecular complexity index is 771. The summed E-state index contributed by atoms with van der Waals surface area (Å²) in [4.78, 5) is 11.3. The Morgan fingerprint density at radius 2 is 2.04 bits per heavy atom. The Labute approximate surface area is 135 Å². The minimum Gasteiger partial charge on any atom is -0.423 e. The molecule has 0 saturated heterocycles. The van der Waals surface area contributed by atoms with Crippen molar-refractivity contribution < 1.29 is 17.6 Å². The van der Waals surface area contributed by atoms with Crippen molar-refractivity contribution in [3.8, 4) is 0 Å². The lowest BCUT2D eigenvalue weighted by molar-refractivity contribution is -0.136. The summed E-state index contributed by atoms with van der Waals surface area (Å²) in [6.07, 6.45) is -2.67. The van der Waals surface area contributed by atoms with Crippen LogP contribution in [0, 0.1) is 0 Å². The van der Waals surface area contributed by atoms with Gasteiger partial charge in [0.1, 0.15) is 5.58 Å². The third-order valence-electron chi connectivity index (χ3n) is 3.12. The molecule has 2 rings (SSSR count). The van der Waals surface area contributed by atoms with Gasteiger partial charge in [-0.25, -0.2) is 4.79 Å². The van der Waals surface area contributed by atoms with E-state index in [1.54, 1.807) is 0 Å². The van der Waals surface area contributed by atoms with Crippen molar-refractivity contribution in [1.82, 2.24) is 5.32 Å². The second kappa shape index (κ2) is 6.99.